The number of ether oxygens (including phenoxy) is 6. The molecule has 0 amide bonds. The minimum absolute atomic E-state index is 0.0932. The molecule has 0 spiro atoms. The highest BCUT2D eigenvalue weighted by Crippen LogP contribution is 2.61. The van der Waals surface area contributed by atoms with Crippen LogP contribution in [0, 0.1) is 0 Å². The topological polar surface area (TPSA) is 198 Å². The molecule has 2 aromatic carbocycles. The first-order valence-corrected chi connectivity index (χ1v) is 19.9. The third-order valence-corrected chi connectivity index (χ3v) is 11.5. The Labute approximate surface area is 305 Å². The molecule has 0 radical (unpaired) electrons. The van der Waals surface area contributed by atoms with E-state index >= 15 is 0 Å². The van der Waals surface area contributed by atoms with E-state index in [0.717, 1.165) is 16.9 Å². The van der Waals surface area contributed by atoms with Crippen molar-refractivity contribution in [3.05, 3.63) is 72.3 Å². The molecule has 0 saturated carbocycles. The van der Waals surface area contributed by atoms with E-state index < -0.39 is 12.8 Å². The summed E-state index contributed by atoms with van der Waals surface area (Å²) in [6.07, 6.45) is 4.42. The summed E-state index contributed by atoms with van der Waals surface area (Å²) < 4.78 is 59.7. The zero-order chi connectivity index (χ0) is 36.6. The predicted octanol–water partition coefficient (Wildman–Crippen LogP) is 4.82. The molecule has 0 bridgehead atoms. The monoisotopic (exact) mass is 761 g/mol. The number of fused-ring (bicyclic) bond motifs is 1. The first-order valence-electron chi connectivity index (χ1n) is 16.8. The Morgan fingerprint density at radius 2 is 1.63 bits per heavy atom. The normalized spacial score (nSPS) is 17.0. The van der Waals surface area contributed by atoms with Crippen LogP contribution >= 0.6 is 18.2 Å². The molecule has 3 N–H and O–H groups in total. The van der Waals surface area contributed by atoms with Crippen molar-refractivity contribution in [2.45, 2.75) is 37.3 Å². The first-order chi connectivity index (χ1) is 25.4. The van der Waals surface area contributed by atoms with Crippen LogP contribution in [0.5, 0.6) is 11.5 Å². The highest BCUT2D eigenvalue weighted by molar-refractivity contribution is 8.54. The Bertz CT molecular complexity index is 1730. The van der Waals surface area contributed by atoms with Gasteiger partial charge in [0.1, 0.15) is 36.2 Å². The quantitative estimate of drug-likeness (QED) is 0.0451. The number of imidazole rings is 1. The predicted molar refractivity (Wildman–Crippen MR) is 192 cm³/mol. The lowest BCUT2D eigenvalue weighted by molar-refractivity contribution is -0.0170. The van der Waals surface area contributed by atoms with E-state index in [1.807, 2.05) is 4.57 Å². The van der Waals surface area contributed by atoms with Crippen molar-refractivity contribution < 1.29 is 51.9 Å². The maximum atomic E-state index is 13.3. The lowest BCUT2D eigenvalue weighted by Gasteiger charge is -2.19. The molecule has 1 unspecified atom stereocenters. The fraction of sp³-hybridized carbons (Fsp3) is 0.471. The second-order valence-electron chi connectivity index (χ2n) is 11.4. The Morgan fingerprint density at radius 3 is 2.35 bits per heavy atom. The van der Waals surface area contributed by atoms with Crippen molar-refractivity contribution in [3.8, 4) is 11.5 Å². The Kier molecular flexibility index (Phi) is 15.6. The fourth-order valence-electron chi connectivity index (χ4n) is 5.00. The number of hydrogen-bond acceptors (Lipinski definition) is 16. The summed E-state index contributed by atoms with van der Waals surface area (Å²) in [6.45, 7) is -0.174. The van der Waals surface area contributed by atoms with Crippen molar-refractivity contribution in [3.63, 3.8) is 0 Å². The molecule has 1 saturated heterocycles. The van der Waals surface area contributed by atoms with Crippen molar-refractivity contribution in [2.24, 2.45) is 0 Å². The Hall–Kier alpha value is -3.64. The number of nitrogens with two attached hydrogens (primary N) is 1. The molecular formula is C34H44N5O11PS. The third-order valence-electron chi connectivity index (χ3n) is 7.73. The van der Waals surface area contributed by atoms with Crippen molar-refractivity contribution >= 4 is 41.1 Å². The highest BCUT2D eigenvalue weighted by atomic mass is 32.7. The van der Waals surface area contributed by atoms with Gasteiger partial charge in [-0.1, -0.05) is 12.1 Å². The van der Waals surface area contributed by atoms with Gasteiger partial charge in [0.15, 0.2) is 11.5 Å². The van der Waals surface area contributed by atoms with Gasteiger partial charge in [-0.05, 0) is 72.6 Å². The van der Waals surface area contributed by atoms with Crippen LogP contribution in [-0.2, 0) is 38.3 Å². The molecule has 52 heavy (non-hydrogen) atoms. The van der Waals surface area contributed by atoms with Gasteiger partial charge in [-0.3, -0.25) is 9.09 Å². The Balaban J connectivity index is 0.968. The van der Waals surface area contributed by atoms with Gasteiger partial charge in [-0.2, -0.15) is 0 Å². The maximum Gasteiger partial charge on any atom is 0.389 e. The van der Waals surface area contributed by atoms with Gasteiger partial charge in [0.2, 0.25) is 0 Å². The second kappa shape index (κ2) is 20.6. The minimum atomic E-state index is -3.48. The number of benzene rings is 2. The molecule has 2 aromatic heterocycles. The average Bonchev–Trinajstić information content (AvgIpc) is 3.82. The smallest absolute Gasteiger partial charge is 0.389 e. The van der Waals surface area contributed by atoms with Gasteiger partial charge in [-0.15, -0.1) is 0 Å². The average molecular weight is 762 g/mol. The van der Waals surface area contributed by atoms with E-state index in [2.05, 4.69) is 15.0 Å². The number of carbonyl (C=O) groups is 1. The molecule has 1 aliphatic heterocycles. The van der Waals surface area contributed by atoms with E-state index in [1.165, 1.54) is 13.4 Å². The number of aromatic nitrogens is 4. The molecule has 3 heterocycles. The highest BCUT2D eigenvalue weighted by Gasteiger charge is 2.32. The van der Waals surface area contributed by atoms with Crippen LogP contribution in [0.4, 0.5) is 5.82 Å². The first kappa shape index (κ1) is 39.6. The standard InChI is InChI=1S/C34H44N5O11PS/c1-43-51(42,48-21-29-11-12-30(49-29)39-24-38-31-32(35)36-23-37-33(31)39)52-22-25-3-7-28(8-4-25)50-34(41)26-5-9-27(10-6-26)47-20-19-46-18-17-45-16-15-44-14-2-13-40/h3-10,23-24,29-30,40H,2,11-22H2,1H3,(H2,35,36,37)/t29-,30+,51?/m0/s1. The number of nitrogens with zero attached hydrogens (tertiary/aromatic N) is 4. The van der Waals surface area contributed by atoms with E-state index in [-0.39, 0.29) is 25.5 Å². The van der Waals surface area contributed by atoms with Crippen LogP contribution in [0.1, 0.15) is 41.4 Å². The summed E-state index contributed by atoms with van der Waals surface area (Å²) in [5.41, 5.74) is 8.21. The fourth-order valence-corrected chi connectivity index (χ4v) is 7.78. The largest absolute Gasteiger partial charge is 0.491 e. The van der Waals surface area contributed by atoms with Gasteiger partial charge < -0.3 is 43.8 Å². The number of carbonyl (C=O) groups excluding carboxylic acids is 1. The van der Waals surface area contributed by atoms with Gasteiger partial charge >= 0.3 is 12.8 Å². The van der Waals surface area contributed by atoms with Crippen molar-refractivity contribution in [1.82, 2.24) is 19.5 Å². The molecule has 1 aliphatic rings. The lowest BCUT2D eigenvalue weighted by Crippen LogP contribution is -2.16. The van der Waals surface area contributed by atoms with Crippen LogP contribution in [0.3, 0.4) is 0 Å². The van der Waals surface area contributed by atoms with Gasteiger partial charge in [0, 0.05) is 26.1 Å². The number of rotatable bonds is 23. The SMILES string of the molecule is COP(=O)(OC[C@@H]1CC[C@H](n2cnc3c(N)ncnc32)O1)SCc1ccc(OC(=O)c2ccc(OCCOCCOCCOCCCO)cc2)cc1. The molecule has 4 aromatic rings. The minimum Gasteiger partial charge on any atom is -0.491 e. The lowest BCUT2D eigenvalue weighted by atomic mass is 10.2. The van der Waals surface area contributed by atoms with E-state index in [0.29, 0.717) is 105 Å². The summed E-state index contributed by atoms with van der Waals surface area (Å²) >= 11 is 1.06. The van der Waals surface area contributed by atoms with E-state index in [1.54, 1.807) is 54.9 Å². The summed E-state index contributed by atoms with van der Waals surface area (Å²) in [4.78, 5) is 25.2. The number of aliphatic hydroxyl groups excluding tert-OH is 1. The summed E-state index contributed by atoms with van der Waals surface area (Å²) in [6, 6.07) is 13.6. The molecule has 18 heteroatoms. The van der Waals surface area contributed by atoms with Crippen LogP contribution in [0.15, 0.2) is 61.2 Å². The van der Waals surface area contributed by atoms with E-state index in [9.17, 15) is 9.36 Å². The van der Waals surface area contributed by atoms with Crippen LogP contribution in [0.25, 0.3) is 11.2 Å². The molecule has 16 nitrogen and oxygen atoms in total. The summed E-state index contributed by atoms with van der Waals surface area (Å²) in [7, 11) is 1.35. The van der Waals surface area contributed by atoms with E-state index in [4.69, 9.17) is 48.3 Å². The Morgan fingerprint density at radius 1 is 0.942 bits per heavy atom. The van der Waals surface area contributed by atoms with Crippen molar-refractivity contribution in [2.75, 3.05) is 72.3 Å². The van der Waals surface area contributed by atoms with Gasteiger partial charge in [-0.25, -0.2) is 24.3 Å². The van der Waals surface area contributed by atoms with Gasteiger partial charge in [0.05, 0.1) is 57.6 Å². The third kappa shape index (κ3) is 11.9. The molecule has 0 aliphatic carbocycles. The molecule has 5 rings (SSSR count). The second-order valence-corrected chi connectivity index (χ2v) is 15.6. The molecule has 1 fully saturated rings. The summed E-state index contributed by atoms with van der Waals surface area (Å²) in [5, 5.41) is 8.70. The maximum absolute atomic E-state index is 13.3. The zero-order valence-corrected chi connectivity index (χ0v) is 30.6. The van der Waals surface area contributed by atoms with Crippen LogP contribution in [-0.4, -0.2) is 103 Å². The number of aliphatic hydroxyl groups is 1. The van der Waals surface area contributed by atoms with Crippen LogP contribution in [0.2, 0.25) is 0 Å². The summed E-state index contributed by atoms with van der Waals surface area (Å²) in [5.74, 6) is 1.10. The number of nitrogen functional groups attached to an aromatic ring is 1. The zero-order valence-electron chi connectivity index (χ0n) is 28.9. The van der Waals surface area contributed by atoms with Gasteiger partial charge in [0.25, 0.3) is 0 Å². The molecule has 3 atom stereocenters. The van der Waals surface area contributed by atoms with Crippen molar-refractivity contribution in [1.29, 1.82) is 0 Å². The van der Waals surface area contributed by atoms with Crippen LogP contribution < -0.4 is 15.2 Å². The number of esters is 1. The number of hydrogen-bond donors (Lipinski definition) is 2. The molecular weight excluding hydrogens is 717 g/mol. The number of anilines is 1. The molecule has 282 valence electrons.